The monoisotopic (exact) mass is 413 g/mol. The summed E-state index contributed by atoms with van der Waals surface area (Å²) in [4.78, 5) is 19.2. The van der Waals surface area contributed by atoms with Gasteiger partial charge in [0.15, 0.2) is 0 Å². The molecule has 31 heavy (non-hydrogen) atoms. The number of fused-ring (bicyclic) bond motifs is 1. The van der Waals surface area contributed by atoms with Crippen LogP contribution in [0.5, 0.6) is 0 Å². The van der Waals surface area contributed by atoms with Gasteiger partial charge in [0.2, 0.25) is 5.91 Å². The number of aryl methyl sites for hydroxylation is 2. The van der Waals surface area contributed by atoms with Crippen molar-refractivity contribution in [2.24, 2.45) is 0 Å². The number of rotatable bonds is 6. The Balaban J connectivity index is 1.42. The maximum absolute atomic E-state index is 14.3. The van der Waals surface area contributed by atoms with E-state index in [2.05, 4.69) is 34.9 Å². The largest absolute Gasteiger partial charge is 0.328 e. The highest BCUT2D eigenvalue weighted by molar-refractivity contribution is 5.96. The third-order valence-corrected chi connectivity index (χ3v) is 6.01. The van der Waals surface area contributed by atoms with Crippen molar-refractivity contribution in [2.45, 2.75) is 31.7 Å². The zero-order valence-electron chi connectivity index (χ0n) is 17.2. The van der Waals surface area contributed by atoms with Crippen LogP contribution in [0, 0.1) is 5.82 Å². The van der Waals surface area contributed by atoms with Gasteiger partial charge >= 0.3 is 0 Å². The average Bonchev–Trinajstić information content (AvgIpc) is 3.35. The van der Waals surface area contributed by atoms with Crippen LogP contribution in [0.3, 0.4) is 0 Å². The first-order chi connectivity index (χ1) is 15.2. The van der Waals surface area contributed by atoms with E-state index in [0.717, 1.165) is 36.2 Å². The van der Waals surface area contributed by atoms with E-state index in [9.17, 15) is 9.18 Å². The molecule has 0 bridgehead atoms. The van der Waals surface area contributed by atoms with Crippen LogP contribution in [0.15, 0.2) is 78.9 Å². The zero-order chi connectivity index (χ0) is 21.2. The Morgan fingerprint density at radius 1 is 0.935 bits per heavy atom. The van der Waals surface area contributed by atoms with E-state index in [1.54, 1.807) is 23.1 Å². The van der Waals surface area contributed by atoms with E-state index in [0.29, 0.717) is 18.7 Å². The SMILES string of the molecule is O=C1C[C@@H](c2nc3ccccc3n2CCCc2ccccc2)CN1c1ccccc1F. The predicted octanol–water partition coefficient (Wildman–Crippen LogP) is 5.33. The highest BCUT2D eigenvalue weighted by atomic mass is 19.1. The second-order valence-electron chi connectivity index (χ2n) is 8.06. The van der Waals surface area contributed by atoms with Crippen molar-refractivity contribution in [3.05, 3.63) is 96.1 Å². The molecule has 1 fully saturated rings. The van der Waals surface area contributed by atoms with E-state index in [1.807, 2.05) is 24.3 Å². The summed E-state index contributed by atoms with van der Waals surface area (Å²) in [6.45, 7) is 1.27. The number of halogens is 1. The molecule has 1 aromatic heterocycles. The van der Waals surface area contributed by atoms with Crippen molar-refractivity contribution in [3.63, 3.8) is 0 Å². The molecule has 5 heteroatoms. The molecule has 0 spiro atoms. The molecule has 0 N–H and O–H groups in total. The summed E-state index contributed by atoms with van der Waals surface area (Å²) in [5, 5.41) is 0. The molecule has 1 aliphatic heterocycles. The van der Waals surface area contributed by atoms with Crippen LogP contribution in [-0.2, 0) is 17.8 Å². The summed E-state index contributed by atoms with van der Waals surface area (Å²) in [6.07, 6.45) is 2.31. The molecule has 1 aliphatic rings. The molecule has 2 heterocycles. The number of carbonyl (C=O) groups is 1. The molecule has 1 atom stereocenters. The third kappa shape index (κ3) is 3.83. The number of nitrogens with zero attached hydrogens (tertiary/aromatic N) is 3. The first-order valence-corrected chi connectivity index (χ1v) is 10.7. The van der Waals surface area contributed by atoms with E-state index in [1.165, 1.54) is 11.6 Å². The van der Waals surface area contributed by atoms with Crippen LogP contribution in [-0.4, -0.2) is 22.0 Å². The predicted molar refractivity (Wildman–Crippen MR) is 121 cm³/mol. The molecule has 156 valence electrons. The summed E-state index contributed by atoms with van der Waals surface area (Å²) in [5.74, 6) is 0.434. The summed E-state index contributed by atoms with van der Waals surface area (Å²) in [6, 6.07) is 25.0. The van der Waals surface area contributed by atoms with Gasteiger partial charge in [0.1, 0.15) is 11.6 Å². The van der Waals surface area contributed by atoms with Crippen molar-refractivity contribution >= 4 is 22.6 Å². The van der Waals surface area contributed by atoms with E-state index >= 15 is 0 Å². The van der Waals surface area contributed by atoms with Crippen LogP contribution in [0.4, 0.5) is 10.1 Å². The topological polar surface area (TPSA) is 38.1 Å². The Morgan fingerprint density at radius 2 is 1.68 bits per heavy atom. The minimum Gasteiger partial charge on any atom is -0.328 e. The van der Waals surface area contributed by atoms with E-state index < -0.39 is 0 Å². The number of aromatic nitrogens is 2. The molecule has 1 saturated heterocycles. The first kappa shape index (κ1) is 19.5. The summed E-state index contributed by atoms with van der Waals surface area (Å²) in [5.41, 5.74) is 3.69. The van der Waals surface area contributed by atoms with Gasteiger partial charge < -0.3 is 9.47 Å². The lowest BCUT2D eigenvalue weighted by Crippen LogP contribution is -2.25. The molecule has 5 rings (SSSR count). The lowest BCUT2D eigenvalue weighted by molar-refractivity contribution is -0.117. The average molecular weight is 413 g/mol. The normalized spacial score (nSPS) is 16.4. The fraction of sp³-hybridized carbons (Fsp3) is 0.231. The van der Waals surface area contributed by atoms with Crippen molar-refractivity contribution in [3.8, 4) is 0 Å². The number of para-hydroxylation sites is 3. The second-order valence-corrected chi connectivity index (χ2v) is 8.06. The van der Waals surface area contributed by atoms with Crippen LogP contribution in [0.2, 0.25) is 0 Å². The number of hydrogen-bond donors (Lipinski definition) is 0. The van der Waals surface area contributed by atoms with E-state index in [-0.39, 0.29) is 17.6 Å². The van der Waals surface area contributed by atoms with E-state index in [4.69, 9.17) is 4.98 Å². The molecule has 3 aromatic carbocycles. The number of carbonyl (C=O) groups excluding carboxylic acids is 1. The van der Waals surface area contributed by atoms with Gasteiger partial charge in [0, 0.05) is 25.4 Å². The number of benzene rings is 3. The minimum atomic E-state index is -0.368. The maximum Gasteiger partial charge on any atom is 0.227 e. The lowest BCUT2D eigenvalue weighted by atomic mass is 10.1. The van der Waals surface area contributed by atoms with Crippen LogP contribution in [0.1, 0.15) is 30.1 Å². The zero-order valence-corrected chi connectivity index (χ0v) is 17.2. The molecular weight excluding hydrogens is 389 g/mol. The Bertz CT molecular complexity index is 1220. The van der Waals surface area contributed by atoms with Crippen molar-refractivity contribution in [2.75, 3.05) is 11.4 Å². The Kier molecular flexibility index (Phi) is 5.24. The van der Waals surface area contributed by atoms with Crippen LogP contribution < -0.4 is 4.90 Å². The van der Waals surface area contributed by atoms with Gasteiger partial charge in [-0.1, -0.05) is 54.6 Å². The summed E-state index contributed by atoms with van der Waals surface area (Å²) >= 11 is 0. The fourth-order valence-electron chi connectivity index (χ4n) is 4.51. The van der Waals surface area contributed by atoms with Crippen molar-refractivity contribution in [1.82, 2.24) is 9.55 Å². The van der Waals surface area contributed by atoms with Gasteiger partial charge in [-0.05, 0) is 42.7 Å². The minimum absolute atomic E-state index is 0.0574. The van der Waals surface area contributed by atoms with Gasteiger partial charge in [-0.3, -0.25) is 4.79 Å². The molecule has 0 radical (unpaired) electrons. The molecule has 0 saturated carbocycles. The van der Waals surface area contributed by atoms with Crippen LogP contribution >= 0.6 is 0 Å². The Morgan fingerprint density at radius 3 is 2.52 bits per heavy atom. The lowest BCUT2D eigenvalue weighted by Gasteiger charge is -2.18. The highest BCUT2D eigenvalue weighted by Gasteiger charge is 2.35. The number of hydrogen-bond acceptors (Lipinski definition) is 2. The number of amides is 1. The summed E-state index contributed by atoms with van der Waals surface area (Å²) in [7, 11) is 0. The van der Waals surface area contributed by atoms with Gasteiger partial charge in [-0.25, -0.2) is 9.37 Å². The Labute approximate surface area is 181 Å². The fourth-order valence-corrected chi connectivity index (χ4v) is 4.51. The van der Waals surface area contributed by atoms with Gasteiger partial charge in [0.05, 0.1) is 16.7 Å². The highest BCUT2D eigenvalue weighted by Crippen LogP contribution is 2.34. The summed E-state index contributed by atoms with van der Waals surface area (Å²) < 4.78 is 16.6. The molecule has 4 nitrogen and oxygen atoms in total. The molecule has 4 aromatic rings. The van der Waals surface area contributed by atoms with Gasteiger partial charge in [-0.2, -0.15) is 0 Å². The molecule has 1 amide bonds. The van der Waals surface area contributed by atoms with Gasteiger partial charge in [-0.15, -0.1) is 0 Å². The Hall–Kier alpha value is -3.47. The van der Waals surface area contributed by atoms with Crippen molar-refractivity contribution in [1.29, 1.82) is 0 Å². The van der Waals surface area contributed by atoms with Crippen molar-refractivity contribution < 1.29 is 9.18 Å². The second kappa shape index (κ2) is 8.34. The van der Waals surface area contributed by atoms with Gasteiger partial charge in [0.25, 0.3) is 0 Å². The quantitative estimate of drug-likeness (QED) is 0.429. The molecular formula is C26H24FN3O. The number of anilines is 1. The van der Waals surface area contributed by atoms with Crippen LogP contribution in [0.25, 0.3) is 11.0 Å². The third-order valence-electron chi connectivity index (χ3n) is 6.01. The first-order valence-electron chi connectivity index (χ1n) is 10.7. The number of imidazole rings is 1. The smallest absolute Gasteiger partial charge is 0.227 e. The maximum atomic E-state index is 14.3. The standard InChI is InChI=1S/C26H24FN3O/c27-21-12-4-6-14-23(21)30-18-20(17-25(30)31)26-28-22-13-5-7-15-24(22)29(26)16-8-11-19-9-2-1-3-10-19/h1-7,9-10,12-15,20H,8,11,16-18H2/t20-/m1/s1. The molecule has 0 unspecified atom stereocenters. The molecule has 0 aliphatic carbocycles.